The number of nitrogens with zero attached hydrogens (tertiary/aromatic N) is 3. The van der Waals surface area contributed by atoms with E-state index >= 15 is 0 Å². The third kappa shape index (κ3) is 3.35. The molecule has 1 unspecified atom stereocenters. The van der Waals surface area contributed by atoms with Crippen LogP contribution < -0.4 is 10.9 Å². The lowest BCUT2D eigenvalue weighted by Crippen LogP contribution is -2.29. The minimum Gasteiger partial charge on any atom is -0.324 e. The molecular formula is C22H21BrN4O2. The summed E-state index contributed by atoms with van der Waals surface area (Å²) in [7, 11) is 0. The highest BCUT2D eigenvalue weighted by atomic mass is 79.9. The van der Waals surface area contributed by atoms with Crippen LogP contribution in [-0.4, -0.2) is 20.1 Å². The predicted octanol–water partition coefficient (Wildman–Crippen LogP) is 4.62. The summed E-state index contributed by atoms with van der Waals surface area (Å²) in [5.41, 5.74) is 3.68. The van der Waals surface area contributed by atoms with E-state index in [1.165, 1.54) is 6.07 Å². The van der Waals surface area contributed by atoms with E-state index in [9.17, 15) is 9.59 Å². The Hall–Kier alpha value is -2.93. The van der Waals surface area contributed by atoms with Gasteiger partial charge in [-0.1, -0.05) is 35.0 Å². The number of fused-ring (bicyclic) bond motifs is 3. The van der Waals surface area contributed by atoms with E-state index in [-0.39, 0.29) is 11.5 Å². The number of aromatic nitrogens is 3. The van der Waals surface area contributed by atoms with Gasteiger partial charge in [0.15, 0.2) is 5.65 Å². The maximum Gasteiger partial charge on any atom is 0.273 e. The fourth-order valence-electron chi connectivity index (χ4n) is 3.73. The third-order valence-corrected chi connectivity index (χ3v) is 5.99. The van der Waals surface area contributed by atoms with Crippen molar-refractivity contribution < 1.29 is 4.79 Å². The molecule has 2 heterocycles. The second kappa shape index (κ2) is 7.48. The van der Waals surface area contributed by atoms with Crippen molar-refractivity contribution in [1.29, 1.82) is 0 Å². The average molecular weight is 453 g/mol. The first-order chi connectivity index (χ1) is 13.9. The Balaban J connectivity index is 1.87. The first-order valence-corrected chi connectivity index (χ1v) is 10.3. The second-order valence-corrected chi connectivity index (χ2v) is 7.96. The molecule has 0 saturated heterocycles. The van der Waals surface area contributed by atoms with Crippen molar-refractivity contribution in [3.8, 4) is 0 Å². The summed E-state index contributed by atoms with van der Waals surface area (Å²) in [6, 6.07) is 14.5. The number of halogens is 1. The molecule has 0 fully saturated rings. The van der Waals surface area contributed by atoms with E-state index in [1.54, 1.807) is 0 Å². The Morgan fingerprint density at radius 2 is 1.93 bits per heavy atom. The van der Waals surface area contributed by atoms with E-state index in [1.807, 2.05) is 72.4 Å². The third-order valence-electron chi connectivity index (χ3n) is 5.10. The van der Waals surface area contributed by atoms with E-state index in [0.717, 1.165) is 32.3 Å². The van der Waals surface area contributed by atoms with Gasteiger partial charge in [0.25, 0.3) is 5.56 Å². The van der Waals surface area contributed by atoms with Crippen LogP contribution in [0.5, 0.6) is 0 Å². The summed E-state index contributed by atoms with van der Waals surface area (Å²) in [5.74, 6) is -0.116. The molecule has 0 aliphatic rings. The fourth-order valence-corrected chi connectivity index (χ4v) is 3.98. The summed E-state index contributed by atoms with van der Waals surface area (Å²) in [6.07, 6.45) is 0.584. The van der Waals surface area contributed by atoms with Gasteiger partial charge in [-0.2, -0.15) is 4.98 Å². The highest BCUT2D eigenvalue weighted by Crippen LogP contribution is 2.28. The molecule has 0 bridgehead atoms. The van der Waals surface area contributed by atoms with Gasteiger partial charge in [-0.15, -0.1) is 0 Å². The van der Waals surface area contributed by atoms with Crippen molar-refractivity contribution in [3.05, 3.63) is 74.6 Å². The number of benzene rings is 2. The summed E-state index contributed by atoms with van der Waals surface area (Å²) >= 11 is 3.49. The average Bonchev–Trinajstić information content (AvgIpc) is 3.00. The summed E-state index contributed by atoms with van der Waals surface area (Å²) in [5, 5.41) is 3.88. The number of amides is 1. The number of hydrogen-bond donors (Lipinski definition) is 1. The van der Waals surface area contributed by atoms with Gasteiger partial charge in [0.1, 0.15) is 6.04 Å². The fraction of sp³-hybridized carbons (Fsp3) is 0.227. The Bertz CT molecular complexity index is 1310. The lowest BCUT2D eigenvalue weighted by molar-refractivity contribution is -0.119. The van der Waals surface area contributed by atoms with Crippen molar-refractivity contribution >= 4 is 44.1 Å². The molecule has 4 aromatic rings. The highest BCUT2D eigenvalue weighted by Gasteiger charge is 2.25. The highest BCUT2D eigenvalue weighted by molar-refractivity contribution is 9.10. The lowest BCUT2D eigenvalue weighted by atomic mass is 10.1. The predicted molar refractivity (Wildman–Crippen MR) is 119 cm³/mol. The Morgan fingerprint density at radius 1 is 1.17 bits per heavy atom. The van der Waals surface area contributed by atoms with Crippen molar-refractivity contribution in [1.82, 2.24) is 14.2 Å². The quantitative estimate of drug-likeness (QED) is 0.491. The lowest BCUT2D eigenvalue weighted by Gasteiger charge is -2.20. The molecule has 4 rings (SSSR count). The molecule has 7 heteroatoms. The molecule has 0 radical (unpaired) electrons. The molecule has 29 heavy (non-hydrogen) atoms. The standard InChI is InChI=1S/C22H21BrN4O2/c1-4-18(22(29)24-15-9-10-17(23)13(2)11-15)27-19-8-6-5-7-16(19)21-25-20(28)12-14(3)26(21)27/h5-12,18H,4H2,1-3H3,(H,24,29). The molecule has 0 spiro atoms. The van der Waals surface area contributed by atoms with Gasteiger partial charge in [-0.3, -0.25) is 14.3 Å². The van der Waals surface area contributed by atoms with Crippen LogP contribution in [0.2, 0.25) is 0 Å². The molecule has 0 aliphatic carbocycles. The van der Waals surface area contributed by atoms with Crippen LogP contribution in [0.15, 0.2) is 57.8 Å². The number of anilines is 1. The zero-order valence-electron chi connectivity index (χ0n) is 16.4. The van der Waals surface area contributed by atoms with E-state index < -0.39 is 6.04 Å². The van der Waals surface area contributed by atoms with Gasteiger partial charge >= 0.3 is 0 Å². The first-order valence-electron chi connectivity index (χ1n) is 9.47. The number of nitrogens with one attached hydrogen (secondary N) is 1. The van der Waals surface area contributed by atoms with Crippen LogP contribution in [-0.2, 0) is 4.79 Å². The topological polar surface area (TPSA) is 68.4 Å². The van der Waals surface area contributed by atoms with Crippen molar-refractivity contribution in [2.24, 2.45) is 0 Å². The molecule has 1 amide bonds. The van der Waals surface area contributed by atoms with Crippen LogP contribution in [0.3, 0.4) is 0 Å². The van der Waals surface area contributed by atoms with Gasteiger partial charge < -0.3 is 5.32 Å². The molecular weight excluding hydrogens is 432 g/mol. The summed E-state index contributed by atoms with van der Waals surface area (Å²) in [4.78, 5) is 29.5. The molecule has 1 N–H and O–H groups in total. The normalized spacial score (nSPS) is 12.4. The van der Waals surface area contributed by atoms with Gasteiger partial charge in [0.2, 0.25) is 5.91 Å². The molecule has 2 aromatic carbocycles. The molecule has 6 nitrogen and oxygen atoms in total. The zero-order valence-corrected chi connectivity index (χ0v) is 18.0. The van der Waals surface area contributed by atoms with E-state index in [0.29, 0.717) is 12.1 Å². The Morgan fingerprint density at radius 3 is 2.66 bits per heavy atom. The minimum absolute atomic E-state index is 0.116. The SMILES string of the molecule is CCC(C(=O)Nc1ccc(Br)c(C)c1)n1c2ccccc2c2nc(=O)cc(C)n21. The van der Waals surface area contributed by atoms with Crippen LogP contribution in [0.25, 0.3) is 16.6 Å². The number of hydrogen-bond acceptors (Lipinski definition) is 3. The molecule has 148 valence electrons. The summed E-state index contributed by atoms with van der Waals surface area (Å²) < 4.78 is 4.80. The van der Waals surface area contributed by atoms with Crippen molar-refractivity contribution in [2.45, 2.75) is 33.2 Å². The zero-order chi connectivity index (χ0) is 20.7. The van der Waals surface area contributed by atoms with Gasteiger partial charge in [0, 0.05) is 27.3 Å². The van der Waals surface area contributed by atoms with Gasteiger partial charge in [0.05, 0.1) is 5.52 Å². The number of rotatable bonds is 4. The molecule has 1 atom stereocenters. The Kier molecular flexibility index (Phi) is 5.00. The van der Waals surface area contributed by atoms with Crippen molar-refractivity contribution in [2.75, 3.05) is 5.32 Å². The van der Waals surface area contributed by atoms with Gasteiger partial charge in [-0.05, 0) is 56.2 Å². The van der Waals surface area contributed by atoms with Gasteiger partial charge in [-0.25, -0.2) is 4.52 Å². The maximum absolute atomic E-state index is 13.3. The largest absolute Gasteiger partial charge is 0.324 e. The molecule has 0 aliphatic heterocycles. The molecule has 0 saturated carbocycles. The Labute approximate surface area is 176 Å². The molecule has 2 aromatic heterocycles. The van der Waals surface area contributed by atoms with Crippen LogP contribution >= 0.6 is 15.9 Å². The van der Waals surface area contributed by atoms with Crippen LogP contribution in [0.4, 0.5) is 5.69 Å². The summed E-state index contributed by atoms with van der Waals surface area (Å²) in [6.45, 7) is 5.81. The van der Waals surface area contributed by atoms with E-state index in [4.69, 9.17) is 0 Å². The first kappa shape index (κ1) is 19.4. The number of carbonyl (C=O) groups is 1. The number of carbonyl (C=O) groups excluding carboxylic acids is 1. The van der Waals surface area contributed by atoms with E-state index in [2.05, 4.69) is 26.2 Å². The van der Waals surface area contributed by atoms with Crippen molar-refractivity contribution in [3.63, 3.8) is 0 Å². The monoisotopic (exact) mass is 452 g/mol. The number of para-hydroxylation sites is 1. The smallest absolute Gasteiger partial charge is 0.273 e. The van der Waals surface area contributed by atoms with Crippen LogP contribution in [0, 0.1) is 13.8 Å². The van der Waals surface area contributed by atoms with Crippen LogP contribution in [0.1, 0.15) is 30.6 Å². The number of aryl methyl sites for hydroxylation is 2. The second-order valence-electron chi connectivity index (χ2n) is 7.11. The maximum atomic E-state index is 13.3. The minimum atomic E-state index is -0.468.